The Bertz CT molecular complexity index is 1090. The Labute approximate surface area is 184 Å². The summed E-state index contributed by atoms with van der Waals surface area (Å²) in [7, 11) is -3.88. The minimum absolute atomic E-state index is 0.0662. The summed E-state index contributed by atoms with van der Waals surface area (Å²) in [6, 6.07) is 17.5. The molecule has 0 aliphatic heterocycles. The molecule has 4 nitrogen and oxygen atoms in total. The van der Waals surface area contributed by atoms with Crippen LogP contribution in [0.25, 0.3) is 0 Å². The average Bonchev–Trinajstić information content (AvgIpc) is 2.74. The minimum atomic E-state index is -4.55. The van der Waals surface area contributed by atoms with Gasteiger partial charge in [-0.3, -0.25) is 4.98 Å². The van der Waals surface area contributed by atoms with Gasteiger partial charge in [0.2, 0.25) is 10.0 Å². The average molecular weight is 469 g/mol. The van der Waals surface area contributed by atoms with E-state index in [0.29, 0.717) is 23.4 Å². The number of sulfonamides is 1. The summed E-state index contributed by atoms with van der Waals surface area (Å²) in [5, 5.41) is 0.404. The second-order valence-corrected chi connectivity index (χ2v) is 9.31. The van der Waals surface area contributed by atoms with Crippen LogP contribution in [-0.4, -0.2) is 24.3 Å². The number of halogens is 4. The fourth-order valence-electron chi connectivity index (χ4n) is 3.03. The summed E-state index contributed by atoms with van der Waals surface area (Å²) in [5.74, 6) is 0. The van der Waals surface area contributed by atoms with Crippen molar-refractivity contribution in [3.63, 3.8) is 0 Å². The van der Waals surface area contributed by atoms with Crippen molar-refractivity contribution in [2.45, 2.75) is 30.5 Å². The van der Waals surface area contributed by atoms with Crippen molar-refractivity contribution in [1.82, 2.24) is 9.29 Å². The largest absolute Gasteiger partial charge is 0.433 e. The van der Waals surface area contributed by atoms with Gasteiger partial charge in [-0.25, -0.2) is 8.42 Å². The molecule has 1 aromatic heterocycles. The summed E-state index contributed by atoms with van der Waals surface area (Å²) in [5.41, 5.74) is 0.417. The highest BCUT2D eigenvalue weighted by atomic mass is 35.5. The highest BCUT2D eigenvalue weighted by Gasteiger charge is 2.32. The quantitative estimate of drug-likeness (QED) is 0.434. The summed E-state index contributed by atoms with van der Waals surface area (Å²) in [6.07, 6.45) is -2.28. The number of aromatic nitrogens is 1. The maximum Gasteiger partial charge on any atom is 0.433 e. The second kappa shape index (κ2) is 9.80. The van der Waals surface area contributed by atoms with E-state index in [-0.39, 0.29) is 18.0 Å². The topological polar surface area (TPSA) is 50.3 Å². The van der Waals surface area contributed by atoms with Gasteiger partial charge in [0.25, 0.3) is 0 Å². The van der Waals surface area contributed by atoms with Crippen LogP contribution in [0, 0.1) is 0 Å². The summed E-state index contributed by atoms with van der Waals surface area (Å²) in [4.78, 5) is 3.50. The van der Waals surface area contributed by atoms with Crippen molar-refractivity contribution in [2.75, 3.05) is 6.54 Å². The fraction of sp³-hybridized carbons (Fsp3) is 0.227. The highest BCUT2D eigenvalue weighted by Crippen LogP contribution is 2.28. The Morgan fingerprint density at radius 1 is 0.903 bits per heavy atom. The number of hydrogen-bond donors (Lipinski definition) is 0. The smallest absolute Gasteiger partial charge is 0.251 e. The van der Waals surface area contributed by atoms with E-state index in [9.17, 15) is 21.6 Å². The predicted molar refractivity (Wildman–Crippen MR) is 113 cm³/mol. The van der Waals surface area contributed by atoms with E-state index in [2.05, 4.69) is 4.98 Å². The fourth-order valence-corrected chi connectivity index (χ4v) is 4.63. The van der Waals surface area contributed by atoms with Gasteiger partial charge < -0.3 is 0 Å². The molecule has 2 aromatic carbocycles. The van der Waals surface area contributed by atoms with E-state index in [1.54, 1.807) is 0 Å². The maximum atomic E-state index is 13.2. The predicted octanol–water partition coefficient (Wildman–Crippen LogP) is 5.58. The molecule has 0 saturated heterocycles. The van der Waals surface area contributed by atoms with Crippen molar-refractivity contribution in [2.24, 2.45) is 0 Å². The summed E-state index contributed by atoms with van der Waals surface area (Å²) >= 11 is 5.87. The molecule has 0 radical (unpaired) electrons. The zero-order valence-corrected chi connectivity index (χ0v) is 18.0. The minimum Gasteiger partial charge on any atom is -0.251 e. The molecule has 0 aliphatic rings. The van der Waals surface area contributed by atoms with E-state index in [4.69, 9.17) is 11.6 Å². The molecule has 0 unspecified atom stereocenters. The van der Waals surface area contributed by atoms with Crippen LogP contribution < -0.4 is 0 Å². The number of alkyl halides is 3. The van der Waals surface area contributed by atoms with Gasteiger partial charge in [-0.15, -0.1) is 0 Å². The molecule has 164 valence electrons. The summed E-state index contributed by atoms with van der Waals surface area (Å²) < 4.78 is 66.0. The van der Waals surface area contributed by atoms with Gasteiger partial charge in [-0.05, 0) is 54.3 Å². The van der Waals surface area contributed by atoms with E-state index >= 15 is 0 Å². The molecule has 0 N–H and O–H groups in total. The second-order valence-electron chi connectivity index (χ2n) is 6.93. The lowest BCUT2D eigenvalue weighted by Gasteiger charge is -2.22. The molecule has 3 rings (SSSR count). The Morgan fingerprint density at radius 2 is 1.58 bits per heavy atom. The third kappa shape index (κ3) is 6.29. The van der Waals surface area contributed by atoms with Gasteiger partial charge in [0.1, 0.15) is 5.69 Å². The normalized spacial score (nSPS) is 12.3. The van der Waals surface area contributed by atoms with E-state index in [0.717, 1.165) is 17.8 Å². The molecule has 31 heavy (non-hydrogen) atoms. The van der Waals surface area contributed by atoms with Crippen molar-refractivity contribution in [3.8, 4) is 0 Å². The first-order chi connectivity index (χ1) is 14.7. The standard InChI is InChI=1S/C22H20ClF3N2O2S/c23-19-9-11-20(12-10-19)31(29,30)28(14-4-7-17-5-2-1-3-6-17)16-18-8-13-21(27-15-18)22(24,25)26/h1-3,5-6,8-13,15H,4,7,14,16H2. The van der Waals surface area contributed by atoms with Crippen LogP contribution in [0.3, 0.4) is 0 Å². The van der Waals surface area contributed by atoms with Crippen LogP contribution in [0.5, 0.6) is 0 Å². The molecule has 0 amide bonds. The summed E-state index contributed by atoms with van der Waals surface area (Å²) in [6.45, 7) is 0.103. The molecule has 0 saturated carbocycles. The molecular formula is C22H20ClF3N2O2S. The molecule has 0 fully saturated rings. The molecule has 0 bridgehead atoms. The first-order valence-corrected chi connectivity index (χ1v) is 11.3. The van der Waals surface area contributed by atoms with E-state index < -0.39 is 21.9 Å². The molecule has 1 heterocycles. The number of rotatable bonds is 8. The molecule has 0 atom stereocenters. The Morgan fingerprint density at radius 3 is 2.16 bits per heavy atom. The van der Waals surface area contributed by atoms with Crippen LogP contribution >= 0.6 is 11.6 Å². The third-order valence-electron chi connectivity index (χ3n) is 4.64. The zero-order chi connectivity index (χ0) is 22.5. The zero-order valence-electron chi connectivity index (χ0n) is 16.4. The lowest BCUT2D eigenvalue weighted by Crippen LogP contribution is -2.32. The number of aryl methyl sites for hydroxylation is 1. The molecule has 0 aliphatic carbocycles. The van der Waals surface area contributed by atoms with Crippen LogP contribution in [-0.2, 0) is 29.2 Å². The Hall–Kier alpha value is -2.42. The molecule has 3 aromatic rings. The monoisotopic (exact) mass is 468 g/mol. The highest BCUT2D eigenvalue weighted by molar-refractivity contribution is 7.89. The SMILES string of the molecule is O=S(=O)(c1ccc(Cl)cc1)N(CCCc1ccccc1)Cc1ccc(C(F)(F)F)nc1. The third-order valence-corrected chi connectivity index (χ3v) is 6.75. The van der Waals surface area contributed by atoms with Gasteiger partial charge >= 0.3 is 6.18 Å². The van der Waals surface area contributed by atoms with Gasteiger partial charge in [-0.1, -0.05) is 48.0 Å². The first-order valence-electron chi connectivity index (χ1n) is 9.48. The lowest BCUT2D eigenvalue weighted by molar-refractivity contribution is -0.141. The van der Waals surface area contributed by atoms with Crippen molar-refractivity contribution in [1.29, 1.82) is 0 Å². The Kier molecular flexibility index (Phi) is 7.35. The van der Waals surface area contributed by atoms with Gasteiger partial charge in [0.05, 0.1) is 4.90 Å². The van der Waals surface area contributed by atoms with E-state index in [1.807, 2.05) is 30.3 Å². The van der Waals surface area contributed by atoms with E-state index in [1.165, 1.54) is 34.6 Å². The number of benzene rings is 2. The van der Waals surface area contributed by atoms with Gasteiger partial charge in [0, 0.05) is 24.3 Å². The maximum absolute atomic E-state index is 13.2. The van der Waals surface area contributed by atoms with Crippen molar-refractivity contribution < 1.29 is 21.6 Å². The van der Waals surface area contributed by atoms with Gasteiger partial charge in [-0.2, -0.15) is 17.5 Å². The number of hydrogen-bond acceptors (Lipinski definition) is 3. The molecule has 0 spiro atoms. The molecular weight excluding hydrogens is 449 g/mol. The van der Waals surface area contributed by atoms with Crippen LogP contribution in [0.15, 0.2) is 77.8 Å². The molecule has 9 heteroatoms. The Balaban J connectivity index is 1.81. The lowest BCUT2D eigenvalue weighted by atomic mass is 10.1. The van der Waals surface area contributed by atoms with Crippen LogP contribution in [0.2, 0.25) is 5.02 Å². The van der Waals surface area contributed by atoms with Crippen LogP contribution in [0.4, 0.5) is 13.2 Å². The number of nitrogens with zero attached hydrogens (tertiary/aromatic N) is 2. The van der Waals surface area contributed by atoms with Crippen molar-refractivity contribution in [3.05, 3.63) is 94.8 Å². The first kappa shape index (κ1) is 23.2. The van der Waals surface area contributed by atoms with Crippen LogP contribution in [0.1, 0.15) is 23.2 Å². The van der Waals surface area contributed by atoms with Gasteiger partial charge in [0.15, 0.2) is 0 Å². The number of pyridine rings is 1. The van der Waals surface area contributed by atoms with Crippen molar-refractivity contribution >= 4 is 21.6 Å².